The van der Waals surface area contributed by atoms with E-state index in [2.05, 4.69) is 15.6 Å². The SMILES string of the molecule is CCn1nncc1C(=O)NCc1cccc(OC)c1. The van der Waals surface area contributed by atoms with Crippen molar-refractivity contribution in [1.29, 1.82) is 0 Å². The van der Waals surface area contributed by atoms with Crippen LogP contribution in [0.15, 0.2) is 30.5 Å². The van der Waals surface area contributed by atoms with Crippen LogP contribution in [0.1, 0.15) is 23.0 Å². The maximum Gasteiger partial charge on any atom is 0.271 e. The fourth-order valence-electron chi connectivity index (χ4n) is 1.72. The molecule has 6 nitrogen and oxygen atoms in total. The molecule has 0 aliphatic rings. The molecule has 100 valence electrons. The van der Waals surface area contributed by atoms with Crippen molar-refractivity contribution in [3.05, 3.63) is 41.7 Å². The topological polar surface area (TPSA) is 69.0 Å². The van der Waals surface area contributed by atoms with E-state index in [1.54, 1.807) is 11.8 Å². The van der Waals surface area contributed by atoms with E-state index in [4.69, 9.17) is 4.74 Å². The van der Waals surface area contributed by atoms with Gasteiger partial charge in [-0.15, -0.1) is 5.10 Å². The fraction of sp³-hybridized carbons (Fsp3) is 0.308. The van der Waals surface area contributed by atoms with Gasteiger partial charge >= 0.3 is 0 Å². The Kier molecular flexibility index (Phi) is 4.12. The molecular formula is C13H16N4O2. The summed E-state index contributed by atoms with van der Waals surface area (Å²) in [6, 6.07) is 7.56. The lowest BCUT2D eigenvalue weighted by Gasteiger charge is -2.07. The first-order valence-electron chi connectivity index (χ1n) is 6.04. The zero-order valence-corrected chi connectivity index (χ0v) is 11.0. The minimum atomic E-state index is -0.185. The van der Waals surface area contributed by atoms with Crippen LogP contribution in [-0.2, 0) is 13.1 Å². The number of nitrogens with zero attached hydrogens (tertiary/aromatic N) is 3. The van der Waals surface area contributed by atoms with E-state index >= 15 is 0 Å². The van der Waals surface area contributed by atoms with Crippen LogP contribution in [0.4, 0.5) is 0 Å². The zero-order chi connectivity index (χ0) is 13.7. The maximum atomic E-state index is 12.0. The molecular weight excluding hydrogens is 244 g/mol. The Morgan fingerprint density at radius 3 is 3.05 bits per heavy atom. The van der Waals surface area contributed by atoms with Gasteiger partial charge in [0.1, 0.15) is 11.4 Å². The van der Waals surface area contributed by atoms with E-state index in [0.717, 1.165) is 11.3 Å². The minimum Gasteiger partial charge on any atom is -0.497 e. The van der Waals surface area contributed by atoms with Crippen LogP contribution in [-0.4, -0.2) is 28.0 Å². The minimum absolute atomic E-state index is 0.185. The third kappa shape index (κ3) is 3.09. The number of nitrogens with one attached hydrogen (secondary N) is 1. The second-order valence-electron chi connectivity index (χ2n) is 3.97. The van der Waals surface area contributed by atoms with Gasteiger partial charge in [0.2, 0.25) is 0 Å². The van der Waals surface area contributed by atoms with Gasteiger partial charge in [-0.25, -0.2) is 4.68 Å². The molecule has 2 rings (SSSR count). The Morgan fingerprint density at radius 2 is 2.32 bits per heavy atom. The van der Waals surface area contributed by atoms with Gasteiger partial charge in [0.05, 0.1) is 13.3 Å². The Morgan fingerprint density at radius 1 is 1.47 bits per heavy atom. The molecule has 1 heterocycles. The van der Waals surface area contributed by atoms with Crippen LogP contribution in [0.25, 0.3) is 0 Å². The van der Waals surface area contributed by atoms with Crippen molar-refractivity contribution in [2.45, 2.75) is 20.0 Å². The standard InChI is InChI=1S/C13H16N4O2/c1-3-17-12(9-15-16-17)13(18)14-8-10-5-4-6-11(7-10)19-2/h4-7,9H,3,8H2,1-2H3,(H,14,18). The first kappa shape index (κ1) is 13.1. The highest BCUT2D eigenvalue weighted by Gasteiger charge is 2.11. The quantitative estimate of drug-likeness (QED) is 0.878. The number of aromatic nitrogens is 3. The number of amides is 1. The summed E-state index contributed by atoms with van der Waals surface area (Å²) in [7, 11) is 1.61. The highest BCUT2D eigenvalue weighted by Crippen LogP contribution is 2.12. The van der Waals surface area contributed by atoms with E-state index in [-0.39, 0.29) is 5.91 Å². The summed E-state index contributed by atoms with van der Waals surface area (Å²) in [6.45, 7) is 2.96. The Hall–Kier alpha value is -2.37. The zero-order valence-electron chi connectivity index (χ0n) is 11.0. The number of hydrogen-bond acceptors (Lipinski definition) is 4. The summed E-state index contributed by atoms with van der Waals surface area (Å²) in [4.78, 5) is 12.0. The molecule has 0 saturated carbocycles. The molecule has 0 atom stereocenters. The molecule has 1 N–H and O–H groups in total. The lowest BCUT2D eigenvalue weighted by atomic mass is 10.2. The molecule has 0 aliphatic carbocycles. The van der Waals surface area contributed by atoms with Gasteiger partial charge in [-0.05, 0) is 24.6 Å². The third-order valence-electron chi connectivity index (χ3n) is 2.74. The van der Waals surface area contributed by atoms with Crippen molar-refractivity contribution in [1.82, 2.24) is 20.3 Å². The molecule has 1 amide bonds. The number of ether oxygens (including phenoxy) is 1. The van der Waals surface area contributed by atoms with E-state index < -0.39 is 0 Å². The van der Waals surface area contributed by atoms with Crippen LogP contribution in [0.5, 0.6) is 5.75 Å². The Bertz CT molecular complexity index is 565. The summed E-state index contributed by atoms with van der Waals surface area (Å²) in [5, 5.41) is 10.4. The van der Waals surface area contributed by atoms with Gasteiger partial charge in [0, 0.05) is 13.1 Å². The average molecular weight is 260 g/mol. The highest BCUT2D eigenvalue weighted by atomic mass is 16.5. The van der Waals surface area contributed by atoms with Gasteiger partial charge in [-0.3, -0.25) is 4.79 Å². The Balaban J connectivity index is 2.00. The van der Waals surface area contributed by atoms with Gasteiger partial charge < -0.3 is 10.1 Å². The van der Waals surface area contributed by atoms with Crippen LogP contribution >= 0.6 is 0 Å². The maximum absolute atomic E-state index is 12.0. The number of carbonyl (C=O) groups excluding carboxylic acids is 1. The number of rotatable bonds is 5. The van der Waals surface area contributed by atoms with Crippen molar-refractivity contribution in [3.8, 4) is 5.75 Å². The van der Waals surface area contributed by atoms with Crippen LogP contribution in [0, 0.1) is 0 Å². The normalized spacial score (nSPS) is 10.2. The van der Waals surface area contributed by atoms with Gasteiger partial charge in [-0.2, -0.15) is 0 Å². The largest absolute Gasteiger partial charge is 0.497 e. The van der Waals surface area contributed by atoms with Crippen molar-refractivity contribution in [2.24, 2.45) is 0 Å². The molecule has 0 bridgehead atoms. The molecule has 19 heavy (non-hydrogen) atoms. The van der Waals surface area contributed by atoms with E-state index in [1.807, 2.05) is 31.2 Å². The van der Waals surface area contributed by atoms with Crippen LogP contribution < -0.4 is 10.1 Å². The summed E-state index contributed by atoms with van der Waals surface area (Å²) in [6.07, 6.45) is 1.46. The number of methoxy groups -OCH3 is 1. The molecule has 2 aromatic rings. The molecule has 1 aromatic heterocycles. The van der Waals surface area contributed by atoms with Crippen LogP contribution in [0.3, 0.4) is 0 Å². The molecule has 0 aliphatic heterocycles. The van der Waals surface area contributed by atoms with Gasteiger partial charge in [0.15, 0.2) is 0 Å². The van der Waals surface area contributed by atoms with Gasteiger partial charge in [-0.1, -0.05) is 17.3 Å². The second-order valence-corrected chi connectivity index (χ2v) is 3.97. The number of hydrogen-bond donors (Lipinski definition) is 1. The average Bonchev–Trinajstić information content (AvgIpc) is 2.93. The molecule has 0 fully saturated rings. The van der Waals surface area contributed by atoms with Gasteiger partial charge in [0.25, 0.3) is 5.91 Å². The number of carbonyl (C=O) groups is 1. The molecule has 0 spiro atoms. The van der Waals surface area contributed by atoms with E-state index in [9.17, 15) is 4.79 Å². The molecule has 0 unspecified atom stereocenters. The van der Waals surface area contributed by atoms with E-state index in [1.165, 1.54) is 6.20 Å². The van der Waals surface area contributed by atoms with Crippen molar-refractivity contribution in [2.75, 3.05) is 7.11 Å². The summed E-state index contributed by atoms with van der Waals surface area (Å²) >= 11 is 0. The molecule has 0 radical (unpaired) electrons. The molecule has 0 saturated heterocycles. The second kappa shape index (κ2) is 5.99. The third-order valence-corrected chi connectivity index (χ3v) is 2.74. The fourth-order valence-corrected chi connectivity index (χ4v) is 1.72. The predicted octanol–water partition coefficient (Wildman–Crippen LogP) is 1.24. The van der Waals surface area contributed by atoms with Crippen molar-refractivity contribution >= 4 is 5.91 Å². The molecule has 1 aromatic carbocycles. The lowest BCUT2D eigenvalue weighted by Crippen LogP contribution is -2.25. The smallest absolute Gasteiger partial charge is 0.271 e. The first-order valence-corrected chi connectivity index (χ1v) is 6.04. The Labute approximate surface area is 111 Å². The monoisotopic (exact) mass is 260 g/mol. The van der Waals surface area contributed by atoms with Crippen molar-refractivity contribution in [3.63, 3.8) is 0 Å². The number of aryl methyl sites for hydroxylation is 1. The first-order chi connectivity index (χ1) is 9.24. The summed E-state index contributed by atoms with van der Waals surface area (Å²) in [5.74, 6) is 0.585. The van der Waals surface area contributed by atoms with E-state index in [0.29, 0.717) is 18.8 Å². The summed E-state index contributed by atoms with van der Waals surface area (Å²) < 4.78 is 6.69. The highest BCUT2D eigenvalue weighted by molar-refractivity contribution is 5.92. The summed E-state index contributed by atoms with van der Waals surface area (Å²) in [5.41, 5.74) is 1.44. The van der Waals surface area contributed by atoms with Crippen molar-refractivity contribution < 1.29 is 9.53 Å². The molecule has 6 heteroatoms. The predicted molar refractivity (Wildman–Crippen MR) is 69.9 cm³/mol. The lowest BCUT2D eigenvalue weighted by molar-refractivity contribution is 0.0940. The number of benzene rings is 1. The van der Waals surface area contributed by atoms with Crippen LogP contribution in [0.2, 0.25) is 0 Å².